The van der Waals surface area contributed by atoms with Gasteiger partial charge in [0.15, 0.2) is 5.60 Å². The Bertz CT molecular complexity index is 581. The van der Waals surface area contributed by atoms with E-state index in [-0.39, 0.29) is 0 Å². The molecule has 0 aliphatic rings. The predicted molar refractivity (Wildman–Crippen MR) is 170 cm³/mol. The lowest BCUT2D eigenvalue weighted by atomic mass is 9.96. The Hall–Kier alpha value is -1.67. The van der Waals surface area contributed by atoms with Crippen LogP contribution in [0.5, 0.6) is 0 Å². The number of carboxylic acid groups (broad SMARTS) is 3. The van der Waals surface area contributed by atoms with Gasteiger partial charge in [0.2, 0.25) is 0 Å². The van der Waals surface area contributed by atoms with Crippen molar-refractivity contribution in [2.75, 3.05) is 6.61 Å². The minimum Gasteiger partial charge on any atom is -0.481 e. The Morgan fingerprint density at radius 1 is 0.429 bits per heavy atom. The number of hydrogen-bond donors (Lipinski definition) is 5. The monoisotopic (exact) mass is 602 g/mol. The fraction of sp³-hybridized carbons (Fsp3) is 0.912. The van der Waals surface area contributed by atoms with Crippen molar-refractivity contribution in [3.8, 4) is 0 Å². The van der Waals surface area contributed by atoms with Crippen molar-refractivity contribution in [1.82, 2.24) is 0 Å². The maximum Gasteiger partial charge on any atom is 0.336 e. The zero-order chi connectivity index (χ0) is 31.7. The van der Waals surface area contributed by atoms with E-state index in [2.05, 4.69) is 6.92 Å². The van der Waals surface area contributed by atoms with Gasteiger partial charge in [-0.2, -0.15) is 0 Å². The predicted octanol–water partition coefficient (Wildman–Crippen LogP) is 8.89. The molecule has 8 heteroatoms. The largest absolute Gasteiger partial charge is 0.481 e. The second-order valence-electron chi connectivity index (χ2n) is 12.0. The third kappa shape index (κ3) is 32.8. The van der Waals surface area contributed by atoms with Crippen molar-refractivity contribution >= 4 is 17.9 Å². The maximum atomic E-state index is 10.3. The number of aliphatic hydroxyl groups excluding tert-OH is 1. The van der Waals surface area contributed by atoms with E-state index in [4.69, 9.17) is 25.5 Å². The molecule has 0 aliphatic carbocycles. The van der Waals surface area contributed by atoms with E-state index in [0.29, 0.717) is 6.61 Å². The van der Waals surface area contributed by atoms with Crippen molar-refractivity contribution in [2.24, 2.45) is 0 Å². The van der Waals surface area contributed by atoms with Crippen LogP contribution in [0.25, 0.3) is 0 Å². The van der Waals surface area contributed by atoms with E-state index in [0.717, 1.165) is 6.42 Å². The van der Waals surface area contributed by atoms with Crippen LogP contribution in [0.4, 0.5) is 0 Å². The lowest BCUT2D eigenvalue weighted by Crippen LogP contribution is -2.42. The second-order valence-corrected chi connectivity index (χ2v) is 12.0. The summed E-state index contributed by atoms with van der Waals surface area (Å²) in [7, 11) is 0. The molecule has 0 spiro atoms. The van der Waals surface area contributed by atoms with Gasteiger partial charge in [-0.15, -0.1) is 0 Å². The number of carbonyl (C=O) groups is 3. The van der Waals surface area contributed by atoms with Gasteiger partial charge in [-0.05, 0) is 6.42 Å². The molecule has 0 amide bonds. The summed E-state index contributed by atoms with van der Waals surface area (Å²) in [6.07, 6.45) is 34.8. The second kappa shape index (κ2) is 32.2. The van der Waals surface area contributed by atoms with E-state index in [1.165, 1.54) is 161 Å². The molecule has 0 bridgehead atoms. The zero-order valence-electron chi connectivity index (χ0n) is 27.0. The minimum atomic E-state index is -2.74. The average molecular weight is 603 g/mol. The molecule has 0 rings (SSSR count). The van der Waals surface area contributed by atoms with Crippen molar-refractivity contribution in [3.63, 3.8) is 0 Å². The summed E-state index contributed by atoms with van der Waals surface area (Å²) in [5, 5.41) is 42.6. The Morgan fingerprint density at radius 2 is 0.643 bits per heavy atom. The number of aliphatic carboxylic acids is 3. The molecule has 0 fully saturated rings. The van der Waals surface area contributed by atoms with E-state index < -0.39 is 36.4 Å². The van der Waals surface area contributed by atoms with Crippen LogP contribution in [-0.4, -0.2) is 55.6 Å². The number of unbranched alkanes of at least 4 members (excludes halogenated alkanes) is 25. The molecule has 0 aromatic rings. The van der Waals surface area contributed by atoms with Gasteiger partial charge >= 0.3 is 17.9 Å². The van der Waals surface area contributed by atoms with Crippen LogP contribution in [0.2, 0.25) is 0 Å². The molecule has 5 N–H and O–H groups in total. The normalized spacial score (nSPS) is 11.2. The van der Waals surface area contributed by atoms with Crippen LogP contribution in [0.3, 0.4) is 0 Å². The van der Waals surface area contributed by atoms with Crippen molar-refractivity contribution in [3.05, 3.63) is 0 Å². The summed E-state index contributed by atoms with van der Waals surface area (Å²) >= 11 is 0. The van der Waals surface area contributed by atoms with Crippen molar-refractivity contribution in [2.45, 2.75) is 192 Å². The molecule has 250 valence electrons. The standard InChI is InChI=1S/C28H58O.C6H8O7/c1-2-3-4-5-6-7-8-9-10-11-12-13-14-15-16-17-18-19-20-21-22-23-24-25-26-27-28-29;7-3(8)1-6(13,5(11)12)2-4(9)10/h29H,2-28H2,1H3;13H,1-2H2,(H,7,8)(H,9,10)(H,11,12). The molecule has 42 heavy (non-hydrogen) atoms. The number of rotatable bonds is 31. The van der Waals surface area contributed by atoms with Gasteiger partial charge in [-0.25, -0.2) is 4.79 Å². The lowest BCUT2D eigenvalue weighted by molar-refractivity contribution is -0.170. The molecule has 0 saturated carbocycles. The number of carboxylic acids is 3. The van der Waals surface area contributed by atoms with Gasteiger partial charge in [0.05, 0.1) is 12.8 Å². The Kier molecular flexibility index (Phi) is 32.6. The number of aliphatic hydroxyl groups is 2. The Labute approximate surface area is 256 Å². The summed E-state index contributed by atoms with van der Waals surface area (Å²) in [6, 6.07) is 0. The fourth-order valence-electron chi connectivity index (χ4n) is 5.14. The van der Waals surface area contributed by atoms with Gasteiger partial charge in [0, 0.05) is 6.61 Å². The highest BCUT2D eigenvalue weighted by Crippen LogP contribution is 2.17. The first-order valence-electron chi connectivity index (χ1n) is 17.2. The highest BCUT2D eigenvalue weighted by molar-refractivity contribution is 5.88. The zero-order valence-corrected chi connectivity index (χ0v) is 27.0. The van der Waals surface area contributed by atoms with Gasteiger partial charge in [0.25, 0.3) is 0 Å². The highest BCUT2D eigenvalue weighted by atomic mass is 16.4. The fourth-order valence-corrected chi connectivity index (χ4v) is 5.14. The lowest BCUT2D eigenvalue weighted by Gasteiger charge is -2.18. The quantitative estimate of drug-likeness (QED) is 0.0493. The summed E-state index contributed by atoms with van der Waals surface area (Å²) in [5.74, 6) is -5.02. The molecule has 0 saturated heterocycles. The van der Waals surface area contributed by atoms with Crippen LogP contribution in [-0.2, 0) is 14.4 Å². The smallest absolute Gasteiger partial charge is 0.336 e. The molecular weight excluding hydrogens is 536 g/mol. The van der Waals surface area contributed by atoms with Gasteiger partial charge < -0.3 is 25.5 Å². The molecule has 0 aromatic carbocycles. The molecule has 0 atom stereocenters. The third-order valence-corrected chi connectivity index (χ3v) is 7.80. The molecule has 8 nitrogen and oxygen atoms in total. The highest BCUT2D eigenvalue weighted by Gasteiger charge is 2.40. The summed E-state index contributed by atoms with van der Waals surface area (Å²) in [6.45, 7) is 2.67. The van der Waals surface area contributed by atoms with E-state index in [1.54, 1.807) is 0 Å². The van der Waals surface area contributed by atoms with Crippen LogP contribution in [0, 0.1) is 0 Å². The summed E-state index contributed by atoms with van der Waals surface area (Å²) in [5.41, 5.74) is -2.74. The molecule has 0 aromatic heterocycles. The molecule has 0 unspecified atom stereocenters. The molecule has 0 heterocycles. The van der Waals surface area contributed by atoms with E-state index in [1.807, 2.05) is 0 Å². The topological polar surface area (TPSA) is 152 Å². The molecule has 0 radical (unpaired) electrons. The van der Waals surface area contributed by atoms with Gasteiger partial charge in [0.1, 0.15) is 0 Å². The number of hydrogen-bond acceptors (Lipinski definition) is 5. The van der Waals surface area contributed by atoms with Crippen LogP contribution < -0.4 is 0 Å². The Balaban J connectivity index is 0. The average Bonchev–Trinajstić information content (AvgIpc) is 2.92. The molecule has 0 aliphatic heterocycles. The Morgan fingerprint density at radius 3 is 0.810 bits per heavy atom. The van der Waals surface area contributed by atoms with E-state index >= 15 is 0 Å². The first kappa shape index (κ1) is 42.5. The van der Waals surface area contributed by atoms with E-state index in [9.17, 15) is 14.4 Å². The minimum absolute atomic E-state index is 0.374. The third-order valence-electron chi connectivity index (χ3n) is 7.80. The van der Waals surface area contributed by atoms with Crippen LogP contribution in [0.15, 0.2) is 0 Å². The summed E-state index contributed by atoms with van der Waals surface area (Å²) in [4.78, 5) is 30.5. The van der Waals surface area contributed by atoms with Crippen LogP contribution >= 0.6 is 0 Å². The maximum absolute atomic E-state index is 10.3. The SMILES string of the molecule is CCCCCCCCCCCCCCCCCCCCCCCCCCCCO.O=C(O)CC(O)(CC(=O)O)C(=O)O. The van der Waals surface area contributed by atoms with Crippen LogP contribution in [0.1, 0.15) is 187 Å². The first-order valence-corrected chi connectivity index (χ1v) is 17.2. The first-order chi connectivity index (χ1) is 20.2. The summed E-state index contributed by atoms with van der Waals surface area (Å²) < 4.78 is 0. The van der Waals surface area contributed by atoms with Crippen molar-refractivity contribution < 1.29 is 39.9 Å². The van der Waals surface area contributed by atoms with Gasteiger partial charge in [-0.1, -0.05) is 167 Å². The van der Waals surface area contributed by atoms with Gasteiger partial charge in [-0.3, -0.25) is 9.59 Å². The van der Waals surface area contributed by atoms with Crippen molar-refractivity contribution in [1.29, 1.82) is 0 Å². The molecular formula is C34H66O8.